The minimum atomic E-state index is -0.503. The van der Waals surface area contributed by atoms with Crippen LogP contribution in [0.15, 0.2) is 18.2 Å². The van der Waals surface area contributed by atoms with Crippen LogP contribution in [0.3, 0.4) is 0 Å². The maximum atomic E-state index is 11.9. The Kier molecular flexibility index (Phi) is 4.99. The summed E-state index contributed by atoms with van der Waals surface area (Å²) in [7, 11) is 0. The molecule has 0 spiro atoms. The molecule has 0 aromatic heterocycles. The molecule has 124 valence electrons. The highest BCUT2D eigenvalue weighted by molar-refractivity contribution is 5.68. The molecule has 1 aliphatic rings. The van der Waals surface area contributed by atoms with Crippen LogP contribution in [0.1, 0.15) is 39.2 Å². The second-order valence-corrected chi connectivity index (χ2v) is 6.81. The lowest BCUT2D eigenvalue weighted by molar-refractivity contribution is 0.0500. The van der Waals surface area contributed by atoms with Gasteiger partial charge in [-0.05, 0) is 51.8 Å². The quantitative estimate of drug-likeness (QED) is 0.818. The summed E-state index contributed by atoms with van der Waals surface area (Å²) in [5, 5.41) is 12.0. The van der Waals surface area contributed by atoms with Gasteiger partial charge in [-0.1, -0.05) is 0 Å². The number of carbonyl (C=O) groups excluding carboxylic acids is 1. The second kappa shape index (κ2) is 6.78. The van der Waals surface area contributed by atoms with Gasteiger partial charge in [0.25, 0.3) is 0 Å². The van der Waals surface area contributed by atoms with Gasteiger partial charge in [0.05, 0.1) is 5.56 Å². The van der Waals surface area contributed by atoms with Gasteiger partial charge in [-0.15, -0.1) is 0 Å². The van der Waals surface area contributed by atoms with Crippen LogP contribution in [0.4, 0.5) is 16.2 Å². The van der Waals surface area contributed by atoms with Gasteiger partial charge in [0.2, 0.25) is 0 Å². The summed E-state index contributed by atoms with van der Waals surface area (Å²) in [5.41, 5.74) is 7.17. The topological polar surface area (TPSA) is 91.4 Å². The zero-order chi connectivity index (χ0) is 17.0. The van der Waals surface area contributed by atoms with E-state index >= 15 is 0 Å². The number of hydrogen-bond donors (Lipinski definition) is 2. The molecule has 0 bridgehead atoms. The largest absolute Gasteiger partial charge is 0.444 e. The molecule has 0 radical (unpaired) electrons. The summed E-state index contributed by atoms with van der Waals surface area (Å²) in [5.74, 6) is 0. The predicted octanol–water partition coefficient (Wildman–Crippen LogP) is 2.63. The van der Waals surface area contributed by atoms with E-state index in [1.807, 2.05) is 26.8 Å². The third-order valence-electron chi connectivity index (χ3n) is 3.66. The van der Waals surface area contributed by atoms with E-state index in [2.05, 4.69) is 16.3 Å². The number of amides is 1. The van der Waals surface area contributed by atoms with Crippen molar-refractivity contribution in [1.29, 1.82) is 5.26 Å². The Morgan fingerprint density at radius 2 is 2.22 bits per heavy atom. The summed E-state index contributed by atoms with van der Waals surface area (Å²) in [6.07, 6.45) is 1.49. The smallest absolute Gasteiger partial charge is 0.407 e. The molecule has 1 amide bonds. The number of nitrogen functional groups attached to an aromatic ring is 1. The van der Waals surface area contributed by atoms with Crippen LogP contribution in [0.2, 0.25) is 0 Å². The maximum absolute atomic E-state index is 11.9. The van der Waals surface area contributed by atoms with Gasteiger partial charge < -0.3 is 20.7 Å². The highest BCUT2D eigenvalue weighted by atomic mass is 16.6. The molecule has 6 heteroatoms. The third-order valence-corrected chi connectivity index (χ3v) is 3.66. The Morgan fingerprint density at radius 1 is 1.48 bits per heavy atom. The Hall–Kier alpha value is -2.42. The predicted molar refractivity (Wildman–Crippen MR) is 90.2 cm³/mol. The number of anilines is 2. The van der Waals surface area contributed by atoms with Gasteiger partial charge in [-0.3, -0.25) is 0 Å². The lowest BCUT2D eigenvalue weighted by Gasteiger charge is -2.35. The molecule has 1 heterocycles. The first kappa shape index (κ1) is 16.9. The monoisotopic (exact) mass is 316 g/mol. The fourth-order valence-electron chi connectivity index (χ4n) is 2.64. The summed E-state index contributed by atoms with van der Waals surface area (Å²) >= 11 is 0. The van der Waals surface area contributed by atoms with Crippen LogP contribution < -0.4 is 16.0 Å². The Balaban J connectivity index is 2.01. The molecular formula is C17H24N4O2. The molecule has 23 heavy (non-hydrogen) atoms. The van der Waals surface area contributed by atoms with Gasteiger partial charge in [-0.25, -0.2) is 4.79 Å². The average molecular weight is 316 g/mol. The van der Waals surface area contributed by atoms with Crippen molar-refractivity contribution in [2.45, 2.75) is 45.3 Å². The zero-order valence-electron chi connectivity index (χ0n) is 13.9. The molecule has 1 fully saturated rings. The summed E-state index contributed by atoms with van der Waals surface area (Å²) in [6, 6.07) is 7.59. The Labute approximate surface area is 137 Å². The fraction of sp³-hybridized carbons (Fsp3) is 0.529. The molecule has 6 nitrogen and oxygen atoms in total. The van der Waals surface area contributed by atoms with Crippen molar-refractivity contribution in [2.24, 2.45) is 0 Å². The lowest BCUT2D eigenvalue weighted by atomic mass is 10.0. The Bertz CT molecular complexity index is 616. The van der Waals surface area contributed by atoms with Crippen LogP contribution in [0.25, 0.3) is 0 Å². The van der Waals surface area contributed by atoms with Crippen molar-refractivity contribution in [3.63, 3.8) is 0 Å². The van der Waals surface area contributed by atoms with Crippen molar-refractivity contribution in [2.75, 3.05) is 23.7 Å². The molecule has 3 N–H and O–H groups in total. The number of nitrogens with two attached hydrogens (primary N) is 1. The number of piperidine rings is 1. The van der Waals surface area contributed by atoms with Gasteiger partial charge in [0.1, 0.15) is 11.7 Å². The number of nitrogens with zero attached hydrogens (tertiary/aromatic N) is 2. The highest BCUT2D eigenvalue weighted by Gasteiger charge is 2.24. The number of benzene rings is 1. The SMILES string of the molecule is CC(C)(C)OC(=O)N[C@H]1CCCN(c2ccc(N)c(C#N)c2)C1. The van der Waals surface area contributed by atoms with E-state index in [1.54, 1.807) is 12.1 Å². The number of rotatable bonds is 2. The van der Waals surface area contributed by atoms with E-state index in [4.69, 9.17) is 15.7 Å². The van der Waals surface area contributed by atoms with Crippen molar-refractivity contribution in [3.05, 3.63) is 23.8 Å². The standard InChI is InChI=1S/C17H24N4O2/c1-17(2,3)23-16(22)20-13-5-4-8-21(11-13)14-6-7-15(19)12(9-14)10-18/h6-7,9,13H,4-5,8,11,19H2,1-3H3,(H,20,22)/t13-/m0/s1. The van der Waals surface area contributed by atoms with Gasteiger partial charge >= 0.3 is 6.09 Å². The molecule has 2 rings (SSSR count). The maximum Gasteiger partial charge on any atom is 0.407 e. The molecule has 1 saturated heterocycles. The molecular weight excluding hydrogens is 292 g/mol. The fourth-order valence-corrected chi connectivity index (χ4v) is 2.64. The summed E-state index contributed by atoms with van der Waals surface area (Å²) in [6.45, 7) is 7.11. The first-order chi connectivity index (χ1) is 10.8. The molecule has 0 saturated carbocycles. The van der Waals surface area contributed by atoms with E-state index in [1.165, 1.54) is 0 Å². The van der Waals surface area contributed by atoms with Crippen LogP contribution in [0.5, 0.6) is 0 Å². The van der Waals surface area contributed by atoms with Crippen LogP contribution in [-0.4, -0.2) is 30.8 Å². The van der Waals surface area contributed by atoms with Crippen molar-refractivity contribution >= 4 is 17.5 Å². The van der Waals surface area contributed by atoms with Crippen LogP contribution in [-0.2, 0) is 4.74 Å². The summed E-state index contributed by atoms with van der Waals surface area (Å²) < 4.78 is 5.31. The third kappa shape index (κ3) is 4.78. The first-order valence-electron chi connectivity index (χ1n) is 7.82. The van der Waals surface area contributed by atoms with Crippen LogP contribution in [0, 0.1) is 11.3 Å². The summed E-state index contributed by atoms with van der Waals surface area (Å²) in [4.78, 5) is 14.1. The minimum Gasteiger partial charge on any atom is -0.444 e. The van der Waals surface area contributed by atoms with E-state index in [0.29, 0.717) is 17.8 Å². The Morgan fingerprint density at radius 3 is 2.87 bits per heavy atom. The van der Waals surface area contributed by atoms with Gasteiger partial charge in [0.15, 0.2) is 0 Å². The number of nitrogens with one attached hydrogen (secondary N) is 1. The number of alkyl carbamates (subject to hydrolysis) is 1. The zero-order valence-corrected chi connectivity index (χ0v) is 13.9. The van der Waals surface area contributed by atoms with Gasteiger partial charge in [0, 0.05) is 30.5 Å². The molecule has 1 aromatic rings. The minimum absolute atomic E-state index is 0.0293. The number of carbonyl (C=O) groups is 1. The van der Waals surface area contributed by atoms with Crippen molar-refractivity contribution in [1.82, 2.24) is 5.32 Å². The number of nitriles is 1. The first-order valence-corrected chi connectivity index (χ1v) is 7.82. The van der Waals surface area contributed by atoms with Crippen molar-refractivity contribution in [3.8, 4) is 6.07 Å². The van der Waals surface area contributed by atoms with E-state index < -0.39 is 5.60 Å². The van der Waals surface area contributed by atoms with Gasteiger partial charge in [-0.2, -0.15) is 5.26 Å². The number of hydrogen-bond acceptors (Lipinski definition) is 5. The lowest BCUT2D eigenvalue weighted by Crippen LogP contribution is -2.49. The molecule has 1 atom stereocenters. The molecule has 1 aliphatic heterocycles. The highest BCUT2D eigenvalue weighted by Crippen LogP contribution is 2.24. The average Bonchev–Trinajstić information content (AvgIpc) is 2.46. The number of ether oxygens (including phenoxy) is 1. The van der Waals surface area contributed by atoms with Crippen molar-refractivity contribution < 1.29 is 9.53 Å². The molecule has 0 unspecified atom stereocenters. The van der Waals surface area contributed by atoms with Crippen LogP contribution >= 0.6 is 0 Å². The molecule has 0 aliphatic carbocycles. The second-order valence-electron chi connectivity index (χ2n) is 6.81. The molecule has 1 aromatic carbocycles. The van der Waals surface area contributed by atoms with E-state index in [-0.39, 0.29) is 12.1 Å². The normalized spacial score (nSPS) is 18.2. The van der Waals surface area contributed by atoms with E-state index in [9.17, 15) is 4.79 Å². The van der Waals surface area contributed by atoms with E-state index in [0.717, 1.165) is 25.1 Å².